The summed E-state index contributed by atoms with van der Waals surface area (Å²) in [7, 11) is -2.17. The molecule has 0 aliphatic carbocycles. The summed E-state index contributed by atoms with van der Waals surface area (Å²) in [5, 5.41) is 3.59. The predicted molar refractivity (Wildman–Crippen MR) is 98.6 cm³/mol. The van der Waals surface area contributed by atoms with Crippen molar-refractivity contribution in [3.8, 4) is 0 Å². The van der Waals surface area contributed by atoms with E-state index in [-0.39, 0.29) is 13.1 Å². The molecule has 154 valence electrons. The van der Waals surface area contributed by atoms with E-state index in [9.17, 15) is 21.6 Å². The SMILES string of the molecule is Cn1cc(CCN2CCN(S(=O)(=O)c3ccc(Cl)c(C(F)(F)F)c3)CC2)cn1. The van der Waals surface area contributed by atoms with Crippen molar-refractivity contribution in [2.45, 2.75) is 17.5 Å². The molecule has 0 amide bonds. The van der Waals surface area contributed by atoms with Crippen LogP contribution in [0.3, 0.4) is 0 Å². The Morgan fingerprint density at radius 1 is 1.18 bits per heavy atom. The van der Waals surface area contributed by atoms with Crippen molar-refractivity contribution in [3.05, 3.63) is 46.7 Å². The minimum atomic E-state index is -4.71. The van der Waals surface area contributed by atoms with Crippen LogP contribution in [0.2, 0.25) is 5.02 Å². The number of aryl methyl sites for hydroxylation is 1. The summed E-state index contributed by atoms with van der Waals surface area (Å²) in [4.78, 5) is 1.73. The number of rotatable bonds is 5. The molecule has 0 spiro atoms. The summed E-state index contributed by atoms with van der Waals surface area (Å²) < 4.78 is 67.5. The third kappa shape index (κ3) is 4.68. The highest BCUT2D eigenvalue weighted by atomic mass is 35.5. The fraction of sp³-hybridized carbons (Fsp3) is 0.471. The fourth-order valence-corrected chi connectivity index (χ4v) is 4.79. The smallest absolute Gasteiger partial charge is 0.300 e. The Balaban J connectivity index is 1.64. The largest absolute Gasteiger partial charge is 0.417 e. The van der Waals surface area contributed by atoms with Crippen LogP contribution in [0.15, 0.2) is 35.5 Å². The molecule has 1 aliphatic rings. The minimum Gasteiger partial charge on any atom is -0.300 e. The molecule has 1 aliphatic heterocycles. The lowest BCUT2D eigenvalue weighted by Crippen LogP contribution is -2.49. The Morgan fingerprint density at radius 3 is 2.43 bits per heavy atom. The number of hydrogen-bond acceptors (Lipinski definition) is 4. The van der Waals surface area contributed by atoms with Crippen LogP contribution in [0.1, 0.15) is 11.1 Å². The number of alkyl halides is 3. The van der Waals surface area contributed by atoms with Crippen LogP contribution in [0.5, 0.6) is 0 Å². The predicted octanol–water partition coefficient (Wildman–Crippen LogP) is 2.64. The molecule has 1 aromatic carbocycles. The molecule has 0 radical (unpaired) electrons. The van der Waals surface area contributed by atoms with Crippen LogP contribution in [-0.4, -0.2) is 60.1 Å². The van der Waals surface area contributed by atoms with Crippen molar-refractivity contribution in [2.24, 2.45) is 7.05 Å². The monoisotopic (exact) mass is 436 g/mol. The molecule has 2 aromatic rings. The van der Waals surface area contributed by atoms with Crippen LogP contribution in [0.25, 0.3) is 0 Å². The zero-order valence-electron chi connectivity index (χ0n) is 15.2. The Hall–Kier alpha value is -1.62. The first-order chi connectivity index (χ1) is 13.1. The van der Waals surface area contributed by atoms with E-state index >= 15 is 0 Å². The van der Waals surface area contributed by atoms with E-state index in [4.69, 9.17) is 11.6 Å². The quantitative estimate of drug-likeness (QED) is 0.723. The lowest BCUT2D eigenvalue weighted by Gasteiger charge is -2.34. The molecule has 1 saturated heterocycles. The van der Waals surface area contributed by atoms with Gasteiger partial charge >= 0.3 is 6.18 Å². The molecule has 0 N–H and O–H groups in total. The second-order valence-corrected chi connectivity index (χ2v) is 9.00. The van der Waals surface area contributed by atoms with Crippen molar-refractivity contribution in [1.82, 2.24) is 19.0 Å². The van der Waals surface area contributed by atoms with Crippen molar-refractivity contribution in [3.63, 3.8) is 0 Å². The molecule has 2 heterocycles. The minimum absolute atomic E-state index is 0.222. The Kier molecular flexibility index (Phi) is 6.04. The van der Waals surface area contributed by atoms with Gasteiger partial charge in [-0.05, 0) is 30.2 Å². The molecule has 6 nitrogen and oxygen atoms in total. The molecule has 0 bridgehead atoms. The van der Waals surface area contributed by atoms with Gasteiger partial charge in [0, 0.05) is 46.0 Å². The molecule has 11 heteroatoms. The summed E-state index contributed by atoms with van der Waals surface area (Å²) in [5.41, 5.74) is -0.0521. The maximum absolute atomic E-state index is 13.0. The molecular formula is C17H20ClF3N4O2S. The Bertz CT molecular complexity index is 938. The van der Waals surface area contributed by atoms with Gasteiger partial charge in [0.25, 0.3) is 0 Å². The van der Waals surface area contributed by atoms with Gasteiger partial charge in [0.2, 0.25) is 10.0 Å². The van der Waals surface area contributed by atoms with Crippen LogP contribution in [0, 0.1) is 0 Å². The third-order valence-electron chi connectivity index (χ3n) is 4.69. The molecule has 0 unspecified atom stereocenters. The Labute approximate surface area is 166 Å². The van der Waals surface area contributed by atoms with E-state index in [0.717, 1.165) is 30.7 Å². The van der Waals surface area contributed by atoms with Gasteiger partial charge in [-0.1, -0.05) is 11.6 Å². The summed E-state index contributed by atoms with van der Waals surface area (Å²) in [6.45, 7) is 2.23. The van der Waals surface area contributed by atoms with Gasteiger partial charge in [-0.2, -0.15) is 22.6 Å². The third-order valence-corrected chi connectivity index (χ3v) is 6.91. The summed E-state index contributed by atoms with van der Waals surface area (Å²) in [5.74, 6) is 0. The first-order valence-electron chi connectivity index (χ1n) is 8.64. The van der Waals surface area contributed by atoms with Gasteiger partial charge < -0.3 is 4.90 Å². The highest BCUT2D eigenvalue weighted by Crippen LogP contribution is 2.36. The molecule has 0 saturated carbocycles. The zero-order chi connectivity index (χ0) is 20.5. The van der Waals surface area contributed by atoms with Crippen LogP contribution in [-0.2, 0) is 29.7 Å². The van der Waals surface area contributed by atoms with Crippen molar-refractivity contribution in [1.29, 1.82) is 0 Å². The number of halogens is 4. The first kappa shape index (κ1) is 21.1. The van der Waals surface area contributed by atoms with Gasteiger partial charge in [0.05, 0.1) is 21.7 Å². The van der Waals surface area contributed by atoms with E-state index in [1.54, 1.807) is 10.9 Å². The van der Waals surface area contributed by atoms with Crippen LogP contribution < -0.4 is 0 Å². The molecule has 28 heavy (non-hydrogen) atoms. The van der Waals surface area contributed by atoms with Crippen molar-refractivity contribution >= 4 is 21.6 Å². The van der Waals surface area contributed by atoms with Crippen LogP contribution in [0.4, 0.5) is 13.2 Å². The van der Waals surface area contributed by atoms with Crippen LogP contribution >= 0.6 is 11.6 Å². The average molecular weight is 437 g/mol. The number of hydrogen-bond donors (Lipinski definition) is 0. The van der Waals surface area contributed by atoms with Gasteiger partial charge in [-0.3, -0.25) is 4.68 Å². The van der Waals surface area contributed by atoms with E-state index in [0.29, 0.717) is 19.2 Å². The van der Waals surface area contributed by atoms with Gasteiger partial charge in [-0.15, -0.1) is 0 Å². The maximum Gasteiger partial charge on any atom is 0.417 e. The van der Waals surface area contributed by atoms with E-state index in [1.807, 2.05) is 13.2 Å². The van der Waals surface area contributed by atoms with E-state index < -0.39 is 31.7 Å². The second-order valence-electron chi connectivity index (χ2n) is 6.66. The van der Waals surface area contributed by atoms with Gasteiger partial charge in [0.15, 0.2) is 0 Å². The van der Waals surface area contributed by atoms with Crippen molar-refractivity contribution < 1.29 is 21.6 Å². The Morgan fingerprint density at radius 2 is 1.86 bits per heavy atom. The topological polar surface area (TPSA) is 58.4 Å². The molecule has 0 atom stereocenters. The lowest BCUT2D eigenvalue weighted by atomic mass is 10.2. The average Bonchev–Trinajstić information content (AvgIpc) is 3.05. The normalized spacial score (nSPS) is 17.2. The summed E-state index contributed by atoms with van der Waals surface area (Å²) >= 11 is 5.58. The molecule has 3 rings (SSSR count). The number of benzene rings is 1. The summed E-state index contributed by atoms with van der Waals surface area (Å²) in [6, 6.07) is 2.69. The number of aromatic nitrogens is 2. The standard InChI is InChI=1S/C17H20ClF3N4O2S/c1-23-12-13(11-22-23)4-5-24-6-8-25(9-7-24)28(26,27)14-2-3-16(18)15(10-14)17(19,20)21/h2-3,10-12H,4-9H2,1H3. The van der Waals surface area contributed by atoms with Crippen molar-refractivity contribution in [2.75, 3.05) is 32.7 Å². The number of sulfonamides is 1. The summed E-state index contributed by atoms with van der Waals surface area (Å²) in [6.07, 6.45) is -0.195. The van der Waals surface area contributed by atoms with Gasteiger partial charge in [0.1, 0.15) is 0 Å². The van der Waals surface area contributed by atoms with E-state index in [2.05, 4.69) is 10.00 Å². The fourth-order valence-electron chi connectivity index (χ4n) is 3.11. The maximum atomic E-state index is 13.0. The first-order valence-corrected chi connectivity index (χ1v) is 10.5. The lowest BCUT2D eigenvalue weighted by molar-refractivity contribution is -0.137. The highest BCUT2D eigenvalue weighted by molar-refractivity contribution is 7.89. The van der Waals surface area contributed by atoms with Gasteiger partial charge in [-0.25, -0.2) is 8.42 Å². The number of piperazine rings is 1. The highest BCUT2D eigenvalue weighted by Gasteiger charge is 2.36. The molecular weight excluding hydrogens is 417 g/mol. The molecule has 1 aromatic heterocycles. The number of nitrogens with zero attached hydrogens (tertiary/aromatic N) is 4. The zero-order valence-corrected chi connectivity index (χ0v) is 16.7. The molecule has 1 fully saturated rings. The van der Waals surface area contributed by atoms with E-state index in [1.165, 1.54) is 4.31 Å². The second kappa shape index (κ2) is 8.02.